The van der Waals surface area contributed by atoms with E-state index in [4.69, 9.17) is 10.8 Å². The molecule has 1 saturated heterocycles. The fraction of sp³-hybridized carbons (Fsp3) is 0.533. The number of aliphatic hydroxyl groups is 1. The standard InChI is InChI=1S/C30H40FN3O4/c1-2-20-8-3-9-21(18-20)27-24(12-5-13-25(27)31)30(38,15-7-16-33-29(36)37)22-10-6-17-34(19-22)28(35)23-11-4-14-26(23)32/h3,5,8-9,12-13,18,22-23,26,33,38H,2,4,6-7,10-11,14-17,19,32H2,1H3,(H,36,37)/t22?,23-,26+,30?/m1/s1. The number of nitrogens with zero attached hydrogens (tertiary/aromatic N) is 1. The summed E-state index contributed by atoms with van der Waals surface area (Å²) in [4.78, 5) is 26.3. The average molecular weight is 526 g/mol. The molecule has 2 aromatic rings. The quantitative estimate of drug-likeness (QED) is 0.356. The Morgan fingerprint density at radius 2 is 1.95 bits per heavy atom. The van der Waals surface area contributed by atoms with E-state index in [1.54, 1.807) is 12.1 Å². The summed E-state index contributed by atoms with van der Waals surface area (Å²) >= 11 is 0. The molecular weight excluding hydrogens is 485 g/mol. The molecule has 8 heteroatoms. The lowest BCUT2D eigenvalue weighted by molar-refractivity contribution is -0.141. The molecule has 1 saturated carbocycles. The van der Waals surface area contributed by atoms with Crippen molar-refractivity contribution in [1.29, 1.82) is 0 Å². The predicted octanol–water partition coefficient (Wildman–Crippen LogP) is 4.66. The molecule has 1 aliphatic heterocycles. The number of likely N-dealkylation sites (tertiary alicyclic amines) is 1. The predicted molar refractivity (Wildman–Crippen MR) is 145 cm³/mol. The lowest BCUT2D eigenvalue weighted by Gasteiger charge is -2.44. The van der Waals surface area contributed by atoms with Crippen LogP contribution in [0.2, 0.25) is 0 Å². The zero-order chi connectivity index (χ0) is 27.3. The normalized spacial score (nSPS) is 23.2. The van der Waals surface area contributed by atoms with Gasteiger partial charge < -0.3 is 26.2 Å². The molecule has 7 nitrogen and oxygen atoms in total. The molecule has 2 amide bonds. The second-order valence-corrected chi connectivity index (χ2v) is 10.8. The maximum absolute atomic E-state index is 15.5. The van der Waals surface area contributed by atoms with E-state index < -0.39 is 17.5 Å². The summed E-state index contributed by atoms with van der Waals surface area (Å²) in [6.45, 7) is 3.18. The number of aryl methyl sites for hydroxylation is 1. The zero-order valence-corrected chi connectivity index (χ0v) is 22.2. The number of rotatable bonds is 9. The van der Waals surface area contributed by atoms with Gasteiger partial charge in [-0.2, -0.15) is 0 Å². The molecule has 2 aromatic carbocycles. The first-order valence-corrected chi connectivity index (χ1v) is 13.9. The van der Waals surface area contributed by atoms with Crippen molar-refractivity contribution in [3.8, 4) is 11.1 Å². The summed E-state index contributed by atoms with van der Waals surface area (Å²) < 4.78 is 15.5. The van der Waals surface area contributed by atoms with Gasteiger partial charge in [-0.05, 0) is 67.7 Å². The highest BCUT2D eigenvalue weighted by Crippen LogP contribution is 2.44. The van der Waals surface area contributed by atoms with Crippen molar-refractivity contribution >= 4 is 12.0 Å². The van der Waals surface area contributed by atoms with E-state index >= 15 is 4.39 Å². The Kier molecular flexibility index (Phi) is 9.05. The van der Waals surface area contributed by atoms with Crippen molar-refractivity contribution in [2.24, 2.45) is 17.6 Å². The Morgan fingerprint density at radius 3 is 2.66 bits per heavy atom. The second-order valence-electron chi connectivity index (χ2n) is 10.8. The molecule has 206 valence electrons. The first kappa shape index (κ1) is 28.0. The third-order valence-corrected chi connectivity index (χ3v) is 8.41. The lowest BCUT2D eigenvalue weighted by atomic mass is 9.72. The number of hydrogen-bond donors (Lipinski definition) is 4. The average Bonchev–Trinajstić information content (AvgIpc) is 3.36. The van der Waals surface area contributed by atoms with Crippen LogP contribution >= 0.6 is 0 Å². The van der Waals surface area contributed by atoms with Gasteiger partial charge in [-0.3, -0.25) is 4.79 Å². The molecule has 0 radical (unpaired) electrons. The van der Waals surface area contributed by atoms with Gasteiger partial charge in [0.2, 0.25) is 5.91 Å². The van der Waals surface area contributed by atoms with E-state index in [-0.39, 0.29) is 36.8 Å². The number of amides is 2. The van der Waals surface area contributed by atoms with E-state index in [0.717, 1.165) is 37.7 Å². The molecule has 4 rings (SSSR count). The summed E-state index contributed by atoms with van der Waals surface area (Å²) in [5.74, 6) is -0.899. The molecule has 2 aliphatic rings. The molecule has 0 bridgehead atoms. The minimum absolute atomic E-state index is 0.0460. The number of piperidine rings is 1. The number of carbonyl (C=O) groups excluding carboxylic acids is 1. The first-order valence-electron chi connectivity index (χ1n) is 13.9. The van der Waals surface area contributed by atoms with Crippen LogP contribution in [0.5, 0.6) is 0 Å². The third-order valence-electron chi connectivity index (χ3n) is 8.41. The highest BCUT2D eigenvalue weighted by atomic mass is 19.1. The Bertz CT molecular complexity index is 1140. The van der Waals surface area contributed by atoms with Gasteiger partial charge in [0, 0.05) is 37.2 Å². The largest absolute Gasteiger partial charge is 0.465 e. The number of nitrogens with one attached hydrogen (secondary N) is 1. The van der Waals surface area contributed by atoms with Gasteiger partial charge in [0.15, 0.2) is 0 Å². The summed E-state index contributed by atoms with van der Waals surface area (Å²) in [5, 5.41) is 23.9. The molecule has 4 atom stereocenters. The summed E-state index contributed by atoms with van der Waals surface area (Å²) in [6.07, 6.45) is 4.24. The summed E-state index contributed by atoms with van der Waals surface area (Å²) in [5.41, 5.74) is 7.37. The fourth-order valence-corrected chi connectivity index (χ4v) is 6.33. The van der Waals surface area contributed by atoms with Gasteiger partial charge in [-0.15, -0.1) is 0 Å². The van der Waals surface area contributed by atoms with Gasteiger partial charge in [0.25, 0.3) is 0 Å². The molecule has 2 unspecified atom stereocenters. The minimum atomic E-state index is -1.46. The van der Waals surface area contributed by atoms with Crippen LogP contribution in [0.25, 0.3) is 11.1 Å². The lowest BCUT2D eigenvalue weighted by Crippen LogP contribution is -2.51. The van der Waals surface area contributed by atoms with Gasteiger partial charge in [-0.25, -0.2) is 9.18 Å². The van der Waals surface area contributed by atoms with E-state index in [1.165, 1.54) is 6.07 Å². The Hall–Kier alpha value is -2.97. The highest BCUT2D eigenvalue weighted by molar-refractivity contribution is 5.80. The van der Waals surface area contributed by atoms with Crippen LogP contribution < -0.4 is 11.1 Å². The van der Waals surface area contributed by atoms with Gasteiger partial charge in [0.05, 0.1) is 11.5 Å². The molecule has 38 heavy (non-hydrogen) atoms. The van der Waals surface area contributed by atoms with Crippen LogP contribution in [0.1, 0.15) is 63.0 Å². The smallest absolute Gasteiger partial charge is 0.404 e. The third kappa shape index (κ3) is 6.02. The molecule has 2 fully saturated rings. The Balaban J connectivity index is 1.71. The highest BCUT2D eigenvalue weighted by Gasteiger charge is 2.44. The molecule has 1 heterocycles. The number of carbonyl (C=O) groups is 2. The molecule has 0 spiro atoms. The van der Waals surface area contributed by atoms with Crippen LogP contribution in [0.15, 0.2) is 42.5 Å². The van der Waals surface area contributed by atoms with E-state index in [2.05, 4.69) is 5.32 Å². The SMILES string of the molecule is CCc1cccc(-c2c(F)cccc2C(O)(CCCNC(=O)O)C2CCCN(C(=O)[C@@H]3CCC[C@@H]3N)C2)c1. The van der Waals surface area contributed by atoms with E-state index in [9.17, 15) is 14.7 Å². The zero-order valence-electron chi connectivity index (χ0n) is 22.2. The number of nitrogens with two attached hydrogens (primary N) is 1. The number of halogens is 1. The fourth-order valence-electron chi connectivity index (χ4n) is 6.33. The molecule has 5 N–H and O–H groups in total. The first-order chi connectivity index (χ1) is 18.2. The van der Waals surface area contributed by atoms with Gasteiger partial charge in [0.1, 0.15) is 5.82 Å². The topological polar surface area (TPSA) is 116 Å². The van der Waals surface area contributed by atoms with Crippen molar-refractivity contribution in [2.45, 2.75) is 69.9 Å². The van der Waals surface area contributed by atoms with Gasteiger partial charge in [-0.1, -0.05) is 49.7 Å². The van der Waals surface area contributed by atoms with Crippen LogP contribution in [-0.4, -0.2) is 52.8 Å². The second kappa shape index (κ2) is 12.3. The number of hydrogen-bond acceptors (Lipinski definition) is 4. The summed E-state index contributed by atoms with van der Waals surface area (Å²) in [7, 11) is 0. The van der Waals surface area contributed by atoms with E-state index in [1.807, 2.05) is 36.1 Å². The maximum atomic E-state index is 15.5. The van der Waals surface area contributed by atoms with Crippen molar-refractivity contribution < 1.29 is 24.2 Å². The van der Waals surface area contributed by atoms with Crippen LogP contribution in [0.4, 0.5) is 9.18 Å². The minimum Gasteiger partial charge on any atom is -0.465 e. The molecule has 0 aromatic heterocycles. The van der Waals surface area contributed by atoms with Crippen molar-refractivity contribution in [1.82, 2.24) is 10.2 Å². The monoisotopic (exact) mass is 525 g/mol. The van der Waals surface area contributed by atoms with Crippen molar-refractivity contribution in [2.75, 3.05) is 19.6 Å². The maximum Gasteiger partial charge on any atom is 0.404 e. The Labute approximate surface area is 224 Å². The van der Waals surface area contributed by atoms with Crippen LogP contribution in [0.3, 0.4) is 0 Å². The molecular formula is C30H40FN3O4. The van der Waals surface area contributed by atoms with Crippen molar-refractivity contribution in [3.63, 3.8) is 0 Å². The van der Waals surface area contributed by atoms with E-state index in [0.29, 0.717) is 42.6 Å². The Morgan fingerprint density at radius 1 is 1.16 bits per heavy atom. The molecule has 1 aliphatic carbocycles. The van der Waals surface area contributed by atoms with Crippen LogP contribution in [-0.2, 0) is 16.8 Å². The number of benzene rings is 2. The van der Waals surface area contributed by atoms with Crippen LogP contribution in [0, 0.1) is 17.7 Å². The van der Waals surface area contributed by atoms with Crippen molar-refractivity contribution in [3.05, 3.63) is 59.4 Å². The number of carboxylic acid groups (broad SMARTS) is 1. The van der Waals surface area contributed by atoms with Gasteiger partial charge >= 0.3 is 6.09 Å². The summed E-state index contributed by atoms with van der Waals surface area (Å²) in [6, 6.07) is 12.3.